The first-order valence-electron chi connectivity index (χ1n) is 20.9. The number of rotatable bonds is 13. The maximum absolute atomic E-state index is 14.7. The molecule has 3 N–H and O–H groups in total. The Hall–Kier alpha value is -5.10. The largest absolute Gasteiger partial charge is 0.507 e. The minimum atomic E-state index is -1.93. The van der Waals surface area contributed by atoms with E-state index in [1.54, 1.807) is 13.0 Å². The molecule has 4 aliphatic heterocycles. The minimum Gasteiger partial charge on any atom is -0.507 e. The second-order valence-electron chi connectivity index (χ2n) is 17.8. The Morgan fingerprint density at radius 1 is 1.08 bits per heavy atom. The van der Waals surface area contributed by atoms with E-state index in [4.69, 9.17) is 38.4 Å². The maximum Gasteiger partial charge on any atom is 0.419 e. The van der Waals surface area contributed by atoms with Gasteiger partial charge in [0.25, 0.3) is 5.78 Å². The van der Waals surface area contributed by atoms with Crippen molar-refractivity contribution < 1.29 is 53.0 Å². The van der Waals surface area contributed by atoms with Gasteiger partial charge in [-0.15, -0.1) is 0 Å². The average molecular weight is 847 g/mol. The Morgan fingerprint density at radius 3 is 2.43 bits per heavy atom. The molecule has 7 atom stereocenters. The summed E-state index contributed by atoms with van der Waals surface area (Å²) in [6.45, 7) is 19.8. The Labute approximate surface area is 354 Å². The number of nitrogens with zero attached hydrogens (tertiary/aromatic N) is 5. The van der Waals surface area contributed by atoms with E-state index >= 15 is 0 Å². The van der Waals surface area contributed by atoms with E-state index in [0.29, 0.717) is 31.8 Å². The van der Waals surface area contributed by atoms with E-state index in [1.165, 1.54) is 43.6 Å². The topological polar surface area (TPSA) is 205 Å². The fourth-order valence-corrected chi connectivity index (χ4v) is 9.22. The third-order valence-corrected chi connectivity index (χ3v) is 12.4. The van der Waals surface area contributed by atoms with E-state index in [0.717, 1.165) is 19.6 Å². The summed E-state index contributed by atoms with van der Waals surface area (Å²) in [5.74, 6) is -4.41. The molecule has 17 nitrogen and oxygen atoms in total. The van der Waals surface area contributed by atoms with Crippen LogP contribution in [0.3, 0.4) is 0 Å². The van der Waals surface area contributed by atoms with Gasteiger partial charge in [-0.05, 0) is 32.8 Å². The highest BCUT2D eigenvalue weighted by Crippen LogP contribution is 2.50. The molecule has 2 fully saturated rings. The third kappa shape index (κ3) is 8.08. The van der Waals surface area contributed by atoms with Crippen molar-refractivity contribution in [2.75, 3.05) is 38.7 Å². The lowest BCUT2D eigenvalue weighted by Gasteiger charge is -2.45. The van der Waals surface area contributed by atoms with Crippen LogP contribution in [-0.2, 0) is 28.5 Å². The van der Waals surface area contributed by atoms with Crippen molar-refractivity contribution in [3.05, 3.63) is 52.9 Å². The van der Waals surface area contributed by atoms with Crippen molar-refractivity contribution in [3.63, 3.8) is 0 Å². The summed E-state index contributed by atoms with van der Waals surface area (Å²) in [6.07, 6.45) is 6.48. The van der Waals surface area contributed by atoms with Gasteiger partial charge < -0.3 is 48.9 Å². The molecule has 5 heterocycles. The number of ether oxygens (including phenoxy) is 6. The van der Waals surface area contributed by atoms with Gasteiger partial charge in [0.15, 0.2) is 17.2 Å². The number of likely N-dealkylation sites (tertiary alicyclic amines) is 1. The van der Waals surface area contributed by atoms with E-state index in [2.05, 4.69) is 29.0 Å². The second-order valence-corrected chi connectivity index (χ2v) is 17.8. The van der Waals surface area contributed by atoms with Crippen LogP contribution >= 0.6 is 0 Å². The number of Topliss-reactive ketones (excluding diaryl/α,β-unsaturated/α-hetero) is 1. The monoisotopic (exact) mass is 846 g/mol. The molecule has 2 aromatic carbocycles. The molecule has 0 unspecified atom stereocenters. The number of methoxy groups -OCH3 is 1. The summed E-state index contributed by atoms with van der Waals surface area (Å²) < 4.78 is 38.1. The number of anilines is 1. The van der Waals surface area contributed by atoms with Crippen molar-refractivity contribution in [2.24, 2.45) is 33.7 Å². The number of carbonyl (C=O) groups excluding carboxylic acids is 3. The molecule has 7 rings (SSSR count). The van der Waals surface area contributed by atoms with Gasteiger partial charge in [0.1, 0.15) is 35.0 Å². The minimum absolute atomic E-state index is 0.00435. The fourth-order valence-electron chi connectivity index (χ4n) is 9.22. The number of ketones is 1. The summed E-state index contributed by atoms with van der Waals surface area (Å²) in [6, 6.07) is 0. The number of imidazole rings is 1. The van der Waals surface area contributed by atoms with Gasteiger partial charge in [-0.3, -0.25) is 19.6 Å². The van der Waals surface area contributed by atoms with Crippen molar-refractivity contribution in [3.8, 4) is 17.2 Å². The molecule has 1 amide bonds. The summed E-state index contributed by atoms with van der Waals surface area (Å²) >= 11 is 0. The van der Waals surface area contributed by atoms with E-state index in [9.17, 15) is 24.6 Å². The number of fused-ring (bicyclic) bond motifs is 5. The van der Waals surface area contributed by atoms with Crippen molar-refractivity contribution in [1.29, 1.82) is 0 Å². The molecular formula is C44H58N6O11. The van der Waals surface area contributed by atoms with Crippen LogP contribution in [0.4, 0.5) is 10.5 Å². The summed E-state index contributed by atoms with van der Waals surface area (Å²) in [4.78, 5) is 56.3. The lowest BCUT2D eigenvalue weighted by molar-refractivity contribution is -0.305. The van der Waals surface area contributed by atoms with Gasteiger partial charge in [-0.25, -0.2) is 14.3 Å². The van der Waals surface area contributed by atoms with E-state index < -0.39 is 53.0 Å². The molecule has 2 saturated heterocycles. The zero-order valence-electron chi connectivity index (χ0n) is 36.6. The van der Waals surface area contributed by atoms with Gasteiger partial charge in [0.2, 0.25) is 6.41 Å². The number of phenols is 2. The second kappa shape index (κ2) is 16.6. The summed E-state index contributed by atoms with van der Waals surface area (Å²) in [7, 11) is 1.52. The molecule has 0 saturated carbocycles. The molecule has 3 aromatic rings. The first-order chi connectivity index (χ1) is 28.8. The van der Waals surface area contributed by atoms with Gasteiger partial charge in [-0.1, -0.05) is 34.6 Å². The van der Waals surface area contributed by atoms with Crippen LogP contribution in [0.25, 0.3) is 10.8 Å². The Balaban J connectivity index is 1.21. The molecule has 17 heteroatoms. The fraction of sp³-hybridized carbons (Fsp3) is 0.591. The highest BCUT2D eigenvalue weighted by Gasteiger charge is 2.50. The predicted octanol–water partition coefficient (Wildman–Crippen LogP) is 4.98. The average Bonchev–Trinajstić information content (AvgIpc) is 3.95. The van der Waals surface area contributed by atoms with Crippen LogP contribution < -0.4 is 20.8 Å². The smallest absolute Gasteiger partial charge is 0.419 e. The van der Waals surface area contributed by atoms with Gasteiger partial charge in [0.05, 0.1) is 41.4 Å². The van der Waals surface area contributed by atoms with Gasteiger partial charge in [0, 0.05) is 87.6 Å². The Morgan fingerprint density at radius 2 is 1.79 bits per heavy atom. The zero-order valence-corrected chi connectivity index (χ0v) is 36.6. The van der Waals surface area contributed by atoms with Gasteiger partial charge >= 0.3 is 11.9 Å². The summed E-state index contributed by atoms with van der Waals surface area (Å²) in [5.41, 5.74) is -0.661. The SMILES string of the molecule is CO[C@@H](/C=C/O[C@@]1(C)Oc2c(C)c(O)c3c(O)c(NC=O)c4c(c3c2C1=O)=NC1(CCN(CC(C)C)CC1)N=4)[C@@H](C)[C@@H](OC(=O)n1ccnc1)[C@H](C)[C@@H]1OC(C)(C)OC[C@H]1C. The molecule has 4 aliphatic rings. The molecule has 61 heavy (non-hydrogen) atoms. The van der Waals surface area contributed by atoms with Crippen LogP contribution in [-0.4, -0.2) is 112 Å². The molecule has 0 bridgehead atoms. The van der Waals surface area contributed by atoms with Gasteiger partial charge in [-0.2, -0.15) is 0 Å². The predicted molar refractivity (Wildman–Crippen MR) is 222 cm³/mol. The number of hydrogen-bond donors (Lipinski definition) is 3. The molecule has 1 aromatic heterocycles. The van der Waals surface area contributed by atoms with Crippen molar-refractivity contribution in [1.82, 2.24) is 14.5 Å². The molecule has 0 radical (unpaired) electrons. The quantitative estimate of drug-likeness (QED) is 0.118. The van der Waals surface area contributed by atoms with E-state index in [-0.39, 0.29) is 67.7 Å². The molecule has 330 valence electrons. The third-order valence-electron chi connectivity index (χ3n) is 12.4. The molecule has 0 aliphatic carbocycles. The maximum atomic E-state index is 14.7. The summed E-state index contributed by atoms with van der Waals surface area (Å²) in [5, 5.41) is 26.5. The molecule has 1 spiro atoms. The van der Waals surface area contributed by atoms with Crippen molar-refractivity contribution in [2.45, 2.75) is 111 Å². The number of piperidine rings is 1. The number of aromatic nitrogens is 2. The zero-order chi connectivity index (χ0) is 44.2. The lowest BCUT2D eigenvalue weighted by atomic mass is 9.81. The standard InChI is InChI=1S/C44H58N6O11/c1-23(2)19-49-15-12-44(13-16-49)47-32-29-30(36(53)34(46-22-51)33(32)48-44)35(52)26(5)39-31(29)40(54)43(9,61-39)57-18-11-28(56-10)25(4)38(59-41(55)50-17-14-45-21-50)27(6)37-24(3)20-58-42(7,8)60-37/h11,14,17-18,21-25,27-28,37-38,52-53H,12-13,15-16,19-20H2,1-10H3,(H,46,51)/b18-11+/t24-,25-,27-,28+,37-,38-,43+/m1/s1. The first-order valence-corrected chi connectivity index (χ1v) is 20.9. The Kier molecular flexibility index (Phi) is 12.0. The number of hydrogen-bond acceptors (Lipinski definition) is 15. The lowest BCUT2D eigenvalue weighted by Crippen LogP contribution is -2.52. The van der Waals surface area contributed by atoms with Crippen LogP contribution in [0.1, 0.15) is 84.2 Å². The number of nitrogens with one attached hydrogen (secondary N) is 1. The number of benzene rings is 2. The van der Waals surface area contributed by atoms with Crippen LogP contribution in [0.2, 0.25) is 0 Å². The highest BCUT2D eigenvalue weighted by molar-refractivity contribution is 6.19. The number of phenolic OH excluding ortho intramolecular Hbond substituents is 2. The Bertz CT molecular complexity index is 2340. The van der Waals surface area contributed by atoms with Crippen LogP contribution in [0.5, 0.6) is 17.2 Å². The normalized spacial score (nSPS) is 25.0. The number of carbonyl (C=O) groups is 3. The van der Waals surface area contributed by atoms with E-state index in [1.807, 2.05) is 34.6 Å². The number of amides is 1. The molecular weight excluding hydrogens is 789 g/mol. The number of aromatic hydroxyl groups is 2. The van der Waals surface area contributed by atoms with Crippen LogP contribution in [0, 0.1) is 30.6 Å². The van der Waals surface area contributed by atoms with Crippen LogP contribution in [0.15, 0.2) is 41.0 Å². The first kappa shape index (κ1) is 44.0. The highest BCUT2D eigenvalue weighted by atomic mass is 16.7. The van der Waals surface area contributed by atoms with Crippen molar-refractivity contribution >= 4 is 34.7 Å².